The number of carbonyl (C=O) groups excluding carboxylic acids is 1. The number of H-pyrrole nitrogens is 1. The van der Waals surface area contributed by atoms with E-state index < -0.39 is 0 Å². The van der Waals surface area contributed by atoms with Crippen LogP contribution in [0.5, 0.6) is 0 Å². The van der Waals surface area contributed by atoms with Crippen LogP contribution in [0.15, 0.2) is 29.1 Å². The third-order valence-electron chi connectivity index (χ3n) is 5.12. The first kappa shape index (κ1) is 16.7. The monoisotopic (exact) mass is 326 g/mol. The van der Waals surface area contributed by atoms with Gasteiger partial charge in [-0.25, -0.2) is 0 Å². The number of amides is 1. The van der Waals surface area contributed by atoms with E-state index in [1.54, 1.807) is 0 Å². The maximum Gasteiger partial charge on any atom is 0.253 e. The van der Waals surface area contributed by atoms with Gasteiger partial charge in [0.25, 0.3) is 5.56 Å². The molecular weight excluding hydrogens is 300 g/mol. The van der Waals surface area contributed by atoms with Gasteiger partial charge in [0.05, 0.1) is 6.54 Å². The average Bonchev–Trinajstić information content (AvgIpc) is 3.13. The number of nitrogens with one attached hydrogen (secondary N) is 1. The number of aromatic amines is 1. The Morgan fingerprint density at radius 2 is 1.96 bits per heavy atom. The smallest absolute Gasteiger partial charge is 0.253 e. The lowest BCUT2D eigenvalue weighted by molar-refractivity contribution is -0.133. The van der Waals surface area contributed by atoms with Crippen molar-refractivity contribution in [1.29, 1.82) is 0 Å². The molecule has 4 heteroatoms. The van der Waals surface area contributed by atoms with Crippen LogP contribution in [0.1, 0.15) is 57.1 Å². The second-order valence-electron chi connectivity index (χ2n) is 6.71. The van der Waals surface area contributed by atoms with E-state index in [-0.39, 0.29) is 17.5 Å². The first-order valence-corrected chi connectivity index (χ1v) is 9.06. The third-order valence-corrected chi connectivity index (χ3v) is 5.12. The molecule has 1 N–H and O–H groups in total. The molecule has 4 nitrogen and oxygen atoms in total. The lowest BCUT2D eigenvalue weighted by atomic mass is 10.1. The zero-order valence-electron chi connectivity index (χ0n) is 14.6. The molecule has 2 aromatic rings. The molecule has 0 spiro atoms. The number of hydrogen-bond acceptors (Lipinski definition) is 2. The Hall–Kier alpha value is -2.10. The summed E-state index contributed by atoms with van der Waals surface area (Å²) in [6.45, 7) is 4.43. The molecule has 1 heterocycles. The Morgan fingerprint density at radius 3 is 2.62 bits per heavy atom. The molecule has 1 aromatic carbocycles. The minimum absolute atomic E-state index is 0.0846. The maximum absolute atomic E-state index is 12.5. The molecular formula is C20H26N2O2. The van der Waals surface area contributed by atoms with Gasteiger partial charge in [-0.2, -0.15) is 0 Å². The van der Waals surface area contributed by atoms with E-state index in [1.807, 2.05) is 30.0 Å². The Morgan fingerprint density at radius 1 is 1.21 bits per heavy atom. The Balaban J connectivity index is 1.95. The van der Waals surface area contributed by atoms with Gasteiger partial charge in [0.1, 0.15) is 0 Å². The summed E-state index contributed by atoms with van der Waals surface area (Å²) in [5.41, 5.74) is 2.70. The average molecular weight is 326 g/mol. The number of rotatable bonds is 5. The van der Waals surface area contributed by atoms with Gasteiger partial charge in [-0.3, -0.25) is 9.59 Å². The molecule has 1 aliphatic carbocycles. The molecule has 1 aromatic heterocycles. The number of benzene rings is 1. The summed E-state index contributed by atoms with van der Waals surface area (Å²) in [6.07, 6.45) is 5.90. The molecule has 0 radical (unpaired) electrons. The summed E-state index contributed by atoms with van der Waals surface area (Å²) in [4.78, 5) is 29.7. The number of nitrogens with zero attached hydrogens (tertiary/aromatic N) is 1. The largest absolute Gasteiger partial charge is 0.335 e. The SMILES string of the molecule is CCC(=O)N(Cc1cc2cc(CC)ccc2[nH]c1=O)C1CCCC1. The minimum Gasteiger partial charge on any atom is -0.335 e. The second-order valence-corrected chi connectivity index (χ2v) is 6.71. The molecule has 24 heavy (non-hydrogen) atoms. The molecule has 3 rings (SSSR count). The zero-order valence-corrected chi connectivity index (χ0v) is 14.6. The summed E-state index contributed by atoms with van der Waals surface area (Å²) in [5.74, 6) is 0.142. The summed E-state index contributed by atoms with van der Waals surface area (Å²) < 4.78 is 0. The van der Waals surface area contributed by atoms with Crippen LogP contribution in [0.25, 0.3) is 10.9 Å². The molecule has 1 saturated carbocycles. The lowest BCUT2D eigenvalue weighted by Gasteiger charge is -2.28. The number of pyridine rings is 1. The van der Waals surface area contributed by atoms with Crippen molar-refractivity contribution in [3.63, 3.8) is 0 Å². The topological polar surface area (TPSA) is 53.2 Å². The summed E-state index contributed by atoms with van der Waals surface area (Å²) in [5, 5.41) is 1.04. The fourth-order valence-corrected chi connectivity index (χ4v) is 3.66. The molecule has 0 unspecified atom stereocenters. The number of fused-ring (bicyclic) bond motifs is 1. The highest BCUT2D eigenvalue weighted by Crippen LogP contribution is 2.25. The number of hydrogen-bond donors (Lipinski definition) is 1. The predicted molar refractivity (Wildman–Crippen MR) is 97.0 cm³/mol. The third kappa shape index (κ3) is 3.37. The van der Waals surface area contributed by atoms with Gasteiger partial charge >= 0.3 is 0 Å². The Labute approximate surface area is 142 Å². The standard InChI is InChI=1S/C20H26N2O2/c1-3-14-9-10-18-15(11-14)12-16(20(24)21-18)13-22(19(23)4-2)17-7-5-6-8-17/h9-12,17H,3-8,13H2,1-2H3,(H,21,24). The first-order valence-electron chi connectivity index (χ1n) is 9.06. The van der Waals surface area contributed by atoms with Crippen LogP contribution >= 0.6 is 0 Å². The highest BCUT2D eigenvalue weighted by Gasteiger charge is 2.26. The second kappa shape index (κ2) is 7.20. The Kier molecular flexibility index (Phi) is 5.03. The van der Waals surface area contributed by atoms with Crippen molar-refractivity contribution >= 4 is 16.8 Å². The Bertz CT molecular complexity index is 788. The highest BCUT2D eigenvalue weighted by atomic mass is 16.2. The van der Waals surface area contributed by atoms with Gasteiger partial charge < -0.3 is 9.88 Å². The number of carbonyl (C=O) groups is 1. The van der Waals surface area contributed by atoms with E-state index in [9.17, 15) is 9.59 Å². The van der Waals surface area contributed by atoms with Crippen molar-refractivity contribution in [3.05, 3.63) is 45.7 Å². The number of aromatic nitrogens is 1. The lowest BCUT2D eigenvalue weighted by Crippen LogP contribution is -2.39. The molecule has 0 saturated heterocycles. The maximum atomic E-state index is 12.5. The highest BCUT2D eigenvalue weighted by molar-refractivity contribution is 5.80. The molecule has 0 bridgehead atoms. The molecule has 1 amide bonds. The van der Waals surface area contributed by atoms with Gasteiger partial charge in [0.2, 0.25) is 5.91 Å². The first-order chi connectivity index (χ1) is 11.6. The number of aryl methyl sites for hydroxylation is 1. The fourth-order valence-electron chi connectivity index (χ4n) is 3.66. The van der Waals surface area contributed by atoms with Crippen molar-refractivity contribution in [1.82, 2.24) is 9.88 Å². The normalized spacial score (nSPS) is 15.1. The van der Waals surface area contributed by atoms with Crippen LogP contribution in [0, 0.1) is 0 Å². The predicted octanol–water partition coefficient (Wildman–Crippen LogP) is 3.77. The van der Waals surface area contributed by atoms with Crippen molar-refractivity contribution in [2.45, 2.75) is 65.0 Å². The summed E-state index contributed by atoms with van der Waals surface area (Å²) in [7, 11) is 0. The van der Waals surface area contributed by atoms with Crippen molar-refractivity contribution in [2.75, 3.05) is 0 Å². The van der Waals surface area contributed by atoms with E-state index in [4.69, 9.17) is 0 Å². The van der Waals surface area contributed by atoms with Gasteiger partial charge in [-0.05, 0) is 48.4 Å². The summed E-state index contributed by atoms with van der Waals surface area (Å²) in [6, 6.07) is 8.37. The molecule has 0 atom stereocenters. The van der Waals surface area contributed by atoms with Gasteiger partial charge in [-0.15, -0.1) is 0 Å². The van der Waals surface area contributed by atoms with Crippen LogP contribution in [-0.2, 0) is 17.8 Å². The quantitative estimate of drug-likeness (QED) is 0.909. The van der Waals surface area contributed by atoms with Crippen molar-refractivity contribution < 1.29 is 4.79 Å². The van der Waals surface area contributed by atoms with E-state index in [2.05, 4.69) is 18.0 Å². The van der Waals surface area contributed by atoms with Gasteiger partial charge in [-0.1, -0.05) is 32.8 Å². The van der Waals surface area contributed by atoms with Gasteiger partial charge in [0.15, 0.2) is 0 Å². The fraction of sp³-hybridized carbons (Fsp3) is 0.500. The molecule has 1 fully saturated rings. The van der Waals surface area contributed by atoms with Crippen molar-refractivity contribution in [3.8, 4) is 0 Å². The van der Waals surface area contributed by atoms with Crippen LogP contribution in [0.2, 0.25) is 0 Å². The van der Waals surface area contributed by atoms with E-state index in [0.717, 1.165) is 30.2 Å². The zero-order chi connectivity index (χ0) is 17.1. The van der Waals surface area contributed by atoms with E-state index in [0.29, 0.717) is 18.5 Å². The van der Waals surface area contributed by atoms with E-state index >= 15 is 0 Å². The van der Waals surface area contributed by atoms with Crippen molar-refractivity contribution in [2.24, 2.45) is 0 Å². The van der Waals surface area contributed by atoms with Crippen LogP contribution in [0.3, 0.4) is 0 Å². The molecule has 1 aliphatic rings. The minimum atomic E-state index is -0.0846. The van der Waals surface area contributed by atoms with Crippen LogP contribution in [0.4, 0.5) is 0 Å². The van der Waals surface area contributed by atoms with E-state index in [1.165, 1.54) is 18.4 Å². The van der Waals surface area contributed by atoms with Crippen LogP contribution in [-0.4, -0.2) is 21.8 Å². The molecule has 0 aliphatic heterocycles. The molecule has 128 valence electrons. The summed E-state index contributed by atoms with van der Waals surface area (Å²) >= 11 is 0. The van der Waals surface area contributed by atoms with Gasteiger partial charge in [0, 0.05) is 23.5 Å². The van der Waals surface area contributed by atoms with Crippen LogP contribution < -0.4 is 5.56 Å².